The van der Waals surface area contributed by atoms with E-state index in [0.717, 1.165) is 26.0 Å². The largest absolute Gasteiger partial charge is 0.385 e. The fourth-order valence-corrected chi connectivity index (χ4v) is 2.22. The Hall–Kier alpha value is -0.860. The molecule has 1 unspecified atom stereocenters. The maximum absolute atomic E-state index is 5.14. The summed E-state index contributed by atoms with van der Waals surface area (Å²) >= 11 is 0. The van der Waals surface area contributed by atoms with E-state index in [1.165, 1.54) is 24.0 Å². The third-order valence-electron chi connectivity index (χ3n) is 3.15. The molecule has 0 spiro atoms. The van der Waals surface area contributed by atoms with Gasteiger partial charge in [-0.25, -0.2) is 0 Å². The van der Waals surface area contributed by atoms with Crippen LogP contribution in [0.4, 0.5) is 0 Å². The van der Waals surface area contributed by atoms with Crippen LogP contribution in [0.5, 0.6) is 0 Å². The van der Waals surface area contributed by atoms with E-state index in [4.69, 9.17) is 4.74 Å². The Kier molecular flexibility index (Phi) is 7.70. The molecule has 1 atom stereocenters. The van der Waals surface area contributed by atoms with Crippen LogP contribution in [0, 0.1) is 6.92 Å². The van der Waals surface area contributed by atoms with E-state index in [-0.39, 0.29) is 0 Å². The quantitative estimate of drug-likeness (QED) is 0.678. The van der Waals surface area contributed by atoms with Gasteiger partial charge in [-0.3, -0.25) is 0 Å². The van der Waals surface area contributed by atoms with E-state index in [1.807, 2.05) is 0 Å². The second-order valence-electron chi connectivity index (χ2n) is 4.98. The van der Waals surface area contributed by atoms with Crippen LogP contribution < -0.4 is 5.32 Å². The highest BCUT2D eigenvalue weighted by molar-refractivity contribution is 5.22. The molecular weight excluding hydrogens is 222 g/mol. The molecule has 0 bridgehead atoms. The van der Waals surface area contributed by atoms with Gasteiger partial charge in [-0.2, -0.15) is 0 Å². The van der Waals surface area contributed by atoms with Gasteiger partial charge < -0.3 is 10.1 Å². The van der Waals surface area contributed by atoms with Crippen molar-refractivity contribution in [2.24, 2.45) is 0 Å². The van der Waals surface area contributed by atoms with Crippen molar-refractivity contribution >= 4 is 0 Å². The first-order valence-electron chi connectivity index (χ1n) is 7.04. The zero-order valence-electron chi connectivity index (χ0n) is 12.0. The lowest BCUT2D eigenvalue weighted by Crippen LogP contribution is -2.32. The fourth-order valence-electron chi connectivity index (χ4n) is 2.22. The Bertz CT molecular complexity index is 325. The molecule has 0 aliphatic carbocycles. The zero-order chi connectivity index (χ0) is 13.2. The van der Waals surface area contributed by atoms with Crippen molar-refractivity contribution in [3.63, 3.8) is 0 Å². The summed E-state index contributed by atoms with van der Waals surface area (Å²) in [4.78, 5) is 0. The van der Waals surface area contributed by atoms with Crippen molar-refractivity contribution in [1.82, 2.24) is 5.32 Å². The molecule has 0 amide bonds. The predicted octanol–water partition coefficient (Wildman–Crippen LogP) is 3.33. The van der Waals surface area contributed by atoms with Crippen molar-refractivity contribution in [2.75, 3.05) is 20.3 Å². The number of benzene rings is 1. The minimum Gasteiger partial charge on any atom is -0.385 e. The molecule has 0 fully saturated rings. The smallest absolute Gasteiger partial charge is 0.0462 e. The van der Waals surface area contributed by atoms with E-state index < -0.39 is 0 Å². The van der Waals surface area contributed by atoms with Gasteiger partial charge in [0, 0.05) is 19.8 Å². The van der Waals surface area contributed by atoms with Gasteiger partial charge in [-0.1, -0.05) is 36.8 Å². The summed E-state index contributed by atoms with van der Waals surface area (Å²) < 4.78 is 5.14. The molecule has 0 heterocycles. The van der Waals surface area contributed by atoms with Crippen LogP contribution in [-0.2, 0) is 11.2 Å². The van der Waals surface area contributed by atoms with Crippen LogP contribution in [0.25, 0.3) is 0 Å². The summed E-state index contributed by atoms with van der Waals surface area (Å²) in [6.45, 7) is 6.33. The molecule has 1 rings (SSSR count). The monoisotopic (exact) mass is 249 g/mol. The molecule has 0 aliphatic heterocycles. The minimum absolute atomic E-state index is 0.571. The van der Waals surface area contributed by atoms with Gasteiger partial charge in [0.1, 0.15) is 0 Å². The normalized spacial score (nSPS) is 12.6. The molecule has 0 saturated heterocycles. The van der Waals surface area contributed by atoms with Crippen molar-refractivity contribution in [2.45, 2.75) is 45.6 Å². The molecule has 2 heteroatoms. The molecule has 2 nitrogen and oxygen atoms in total. The van der Waals surface area contributed by atoms with E-state index in [0.29, 0.717) is 6.04 Å². The summed E-state index contributed by atoms with van der Waals surface area (Å²) in [6, 6.07) is 9.39. The first-order chi connectivity index (χ1) is 8.76. The number of hydrogen-bond acceptors (Lipinski definition) is 2. The van der Waals surface area contributed by atoms with Gasteiger partial charge in [0.15, 0.2) is 0 Å². The summed E-state index contributed by atoms with van der Waals surface area (Å²) in [7, 11) is 1.77. The van der Waals surface area contributed by atoms with Gasteiger partial charge in [-0.15, -0.1) is 0 Å². The topological polar surface area (TPSA) is 21.3 Å². The number of methoxy groups -OCH3 is 1. The molecule has 102 valence electrons. The van der Waals surface area contributed by atoms with Crippen molar-refractivity contribution in [1.29, 1.82) is 0 Å². The standard InChI is InChI=1S/C16H27NO/c1-4-10-17-16(9-6-11-18-3)13-15-8-5-7-14(2)12-15/h5,7-8,12,16-17H,4,6,9-11,13H2,1-3H3. The van der Waals surface area contributed by atoms with Gasteiger partial charge in [-0.05, 0) is 44.7 Å². The number of ether oxygens (including phenoxy) is 1. The summed E-state index contributed by atoms with van der Waals surface area (Å²) in [5.41, 5.74) is 2.78. The van der Waals surface area contributed by atoms with Gasteiger partial charge in [0.05, 0.1) is 0 Å². The Balaban J connectivity index is 2.48. The van der Waals surface area contributed by atoms with Crippen LogP contribution in [0.1, 0.15) is 37.3 Å². The average Bonchev–Trinajstić information content (AvgIpc) is 2.36. The maximum Gasteiger partial charge on any atom is 0.0462 e. The van der Waals surface area contributed by atoms with Crippen LogP contribution in [0.2, 0.25) is 0 Å². The van der Waals surface area contributed by atoms with E-state index in [2.05, 4.69) is 43.4 Å². The minimum atomic E-state index is 0.571. The lowest BCUT2D eigenvalue weighted by molar-refractivity contribution is 0.188. The molecule has 18 heavy (non-hydrogen) atoms. The second-order valence-corrected chi connectivity index (χ2v) is 4.98. The molecule has 1 aromatic carbocycles. The molecule has 0 aromatic heterocycles. The SMILES string of the molecule is CCCNC(CCCOC)Cc1cccc(C)c1. The first-order valence-corrected chi connectivity index (χ1v) is 7.04. The number of rotatable bonds is 9. The van der Waals surface area contributed by atoms with E-state index in [1.54, 1.807) is 7.11 Å². The number of hydrogen-bond donors (Lipinski definition) is 1. The Morgan fingerprint density at radius 2 is 2.17 bits per heavy atom. The van der Waals surface area contributed by atoms with Crippen LogP contribution >= 0.6 is 0 Å². The molecule has 0 radical (unpaired) electrons. The third kappa shape index (κ3) is 6.18. The fraction of sp³-hybridized carbons (Fsp3) is 0.625. The molecule has 1 N–H and O–H groups in total. The molecule has 0 saturated carbocycles. The lowest BCUT2D eigenvalue weighted by Gasteiger charge is -2.18. The Morgan fingerprint density at radius 3 is 2.83 bits per heavy atom. The summed E-state index contributed by atoms with van der Waals surface area (Å²) in [6.07, 6.45) is 4.62. The van der Waals surface area contributed by atoms with Crippen molar-refractivity contribution in [3.05, 3.63) is 35.4 Å². The maximum atomic E-state index is 5.14. The molecule has 0 aliphatic rings. The van der Waals surface area contributed by atoms with Gasteiger partial charge in [0.2, 0.25) is 0 Å². The zero-order valence-corrected chi connectivity index (χ0v) is 12.0. The summed E-state index contributed by atoms with van der Waals surface area (Å²) in [5.74, 6) is 0. The predicted molar refractivity (Wildman–Crippen MR) is 78.1 cm³/mol. The Labute approximate surface area is 112 Å². The number of nitrogens with one attached hydrogen (secondary N) is 1. The third-order valence-corrected chi connectivity index (χ3v) is 3.15. The van der Waals surface area contributed by atoms with Crippen LogP contribution in [-0.4, -0.2) is 26.3 Å². The van der Waals surface area contributed by atoms with E-state index in [9.17, 15) is 0 Å². The van der Waals surface area contributed by atoms with E-state index >= 15 is 0 Å². The first kappa shape index (κ1) is 15.2. The van der Waals surface area contributed by atoms with Crippen molar-refractivity contribution in [3.8, 4) is 0 Å². The lowest BCUT2D eigenvalue weighted by atomic mass is 10.0. The summed E-state index contributed by atoms with van der Waals surface area (Å²) in [5, 5.41) is 3.64. The Morgan fingerprint density at radius 1 is 1.33 bits per heavy atom. The van der Waals surface area contributed by atoms with Crippen LogP contribution in [0.3, 0.4) is 0 Å². The van der Waals surface area contributed by atoms with Gasteiger partial charge >= 0.3 is 0 Å². The van der Waals surface area contributed by atoms with Crippen molar-refractivity contribution < 1.29 is 4.74 Å². The second kappa shape index (κ2) is 9.12. The highest BCUT2D eigenvalue weighted by Gasteiger charge is 2.08. The van der Waals surface area contributed by atoms with Crippen LogP contribution in [0.15, 0.2) is 24.3 Å². The number of aryl methyl sites for hydroxylation is 1. The van der Waals surface area contributed by atoms with Gasteiger partial charge in [0.25, 0.3) is 0 Å². The highest BCUT2D eigenvalue weighted by Crippen LogP contribution is 2.10. The molecular formula is C16H27NO. The highest BCUT2D eigenvalue weighted by atomic mass is 16.5. The average molecular weight is 249 g/mol. The molecule has 1 aromatic rings.